The molecule has 0 saturated carbocycles. The second-order valence-corrected chi connectivity index (χ2v) is 3.77. The third-order valence-electron chi connectivity index (χ3n) is 2.84. The van der Waals surface area contributed by atoms with Crippen molar-refractivity contribution in [3.63, 3.8) is 0 Å². The Morgan fingerprint density at radius 3 is 2.07 bits per heavy atom. The molecule has 0 bridgehead atoms. The zero-order chi connectivity index (χ0) is 9.15. The highest BCUT2D eigenvalue weighted by molar-refractivity contribution is 5.85. The Labute approximate surface area is 103 Å². The van der Waals surface area contributed by atoms with Gasteiger partial charge in [-0.05, 0) is 31.5 Å². The zero-order valence-electron chi connectivity index (χ0n) is 8.61. The topological polar surface area (TPSA) is 38.0 Å². The second-order valence-electron chi connectivity index (χ2n) is 3.77. The van der Waals surface area contributed by atoms with E-state index in [9.17, 15) is 0 Å². The lowest BCUT2D eigenvalue weighted by Gasteiger charge is -2.34. The highest BCUT2D eigenvalue weighted by Gasteiger charge is 2.28. The average Bonchev–Trinajstić information content (AvgIpc) is 2.20. The van der Waals surface area contributed by atoms with Gasteiger partial charge in [-0.25, -0.2) is 0 Å². The van der Waals surface area contributed by atoms with Crippen molar-refractivity contribution in [3.8, 4) is 0 Å². The minimum Gasteiger partial charge on any atom is -0.321 e. The summed E-state index contributed by atoms with van der Waals surface area (Å²) in [6.07, 6.45) is 2.08. The molecule has 1 aliphatic heterocycles. The molecule has 0 aromatic heterocycles. The van der Waals surface area contributed by atoms with Gasteiger partial charge < -0.3 is 11.1 Å². The van der Waals surface area contributed by atoms with E-state index in [1.54, 1.807) is 0 Å². The van der Waals surface area contributed by atoms with Crippen molar-refractivity contribution < 1.29 is 0 Å². The molecule has 1 aliphatic rings. The van der Waals surface area contributed by atoms with Crippen LogP contribution < -0.4 is 11.1 Å². The molecule has 1 aromatic carbocycles. The van der Waals surface area contributed by atoms with Crippen LogP contribution in [0, 0.1) is 0 Å². The third-order valence-corrected chi connectivity index (χ3v) is 2.84. The van der Waals surface area contributed by atoms with Gasteiger partial charge in [-0.2, -0.15) is 0 Å². The molecule has 2 nitrogen and oxygen atoms in total. The van der Waals surface area contributed by atoms with Crippen LogP contribution >= 0.6 is 24.8 Å². The summed E-state index contributed by atoms with van der Waals surface area (Å²) in [6.45, 7) is 2.07. The van der Waals surface area contributed by atoms with Crippen LogP contribution in [0.4, 0.5) is 0 Å². The quantitative estimate of drug-likeness (QED) is 0.799. The Kier molecular flexibility index (Phi) is 6.22. The Bertz CT molecular complexity index is 271. The maximum Gasteiger partial charge on any atom is 0.0433 e. The van der Waals surface area contributed by atoms with E-state index < -0.39 is 0 Å². The first-order valence-electron chi connectivity index (χ1n) is 4.86. The van der Waals surface area contributed by atoms with Crippen molar-refractivity contribution in [2.45, 2.75) is 18.4 Å². The maximum absolute atomic E-state index is 6.34. The lowest BCUT2D eigenvalue weighted by atomic mass is 9.83. The number of hydrogen-bond acceptors (Lipinski definition) is 2. The van der Waals surface area contributed by atoms with Crippen molar-refractivity contribution in [1.29, 1.82) is 0 Å². The highest BCUT2D eigenvalue weighted by Crippen LogP contribution is 2.26. The molecule has 1 saturated heterocycles. The van der Waals surface area contributed by atoms with Crippen LogP contribution in [0.1, 0.15) is 18.4 Å². The Morgan fingerprint density at radius 1 is 1.00 bits per heavy atom. The Balaban J connectivity index is 0.000000980. The van der Waals surface area contributed by atoms with Gasteiger partial charge in [-0.1, -0.05) is 30.3 Å². The number of piperidine rings is 1. The second kappa shape index (κ2) is 6.33. The fourth-order valence-electron chi connectivity index (χ4n) is 1.93. The molecule has 3 N–H and O–H groups in total. The number of hydrogen-bond donors (Lipinski definition) is 2. The minimum atomic E-state index is -0.0908. The van der Waals surface area contributed by atoms with Gasteiger partial charge in [0.1, 0.15) is 0 Å². The molecule has 15 heavy (non-hydrogen) atoms. The standard InChI is InChI=1S/C11H16N2.2ClH/c12-11(6-8-13-9-7-11)10-4-2-1-3-5-10;;/h1-5,13H,6-9,12H2;2*1H. The van der Waals surface area contributed by atoms with Gasteiger partial charge in [-0.15, -0.1) is 24.8 Å². The number of nitrogens with two attached hydrogens (primary N) is 1. The summed E-state index contributed by atoms with van der Waals surface area (Å²) in [6, 6.07) is 10.4. The van der Waals surface area contributed by atoms with Gasteiger partial charge >= 0.3 is 0 Å². The first kappa shape index (κ1) is 14.7. The summed E-state index contributed by atoms with van der Waals surface area (Å²) in [7, 11) is 0. The van der Waals surface area contributed by atoms with E-state index in [-0.39, 0.29) is 30.4 Å². The van der Waals surface area contributed by atoms with Crippen molar-refractivity contribution in [3.05, 3.63) is 35.9 Å². The number of nitrogens with one attached hydrogen (secondary N) is 1. The summed E-state index contributed by atoms with van der Waals surface area (Å²) in [5, 5.41) is 3.33. The average molecular weight is 249 g/mol. The van der Waals surface area contributed by atoms with E-state index in [1.807, 2.05) is 6.07 Å². The smallest absolute Gasteiger partial charge is 0.0433 e. The maximum atomic E-state index is 6.34. The molecular weight excluding hydrogens is 231 g/mol. The van der Waals surface area contributed by atoms with Gasteiger partial charge in [0.15, 0.2) is 0 Å². The van der Waals surface area contributed by atoms with E-state index in [0.29, 0.717) is 0 Å². The molecule has 0 atom stereocenters. The van der Waals surface area contributed by atoms with Crippen molar-refractivity contribution in [2.75, 3.05) is 13.1 Å². The van der Waals surface area contributed by atoms with Crippen LogP contribution in [0.25, 0.3) is 0 Å². The lowest BCUT2D eigenvalue weighted by molar-refractivity contribution is 0.317. The summed E-state index contributed by atoms with van der Waals surface area (Å²) in [5.41, 5.74) is 7.52. The van der Waals surface area contributed by atoms with Gasteiger partial charge in [0.25, 0.3) is 0 Å². The number of rotatable bonds is 1. The van der Waals surface area contributed by atoms with Crippen LogP contribution in [0.3, 0.4) is 0 Å². The largest absolute Gasteiger partial charge is 0.321 e. The SMILES string of the molecule is Cl.Cl.NC1(c2ccccc2)CCNCC1. The molecule has 1 heterocycles. The fraction of sp³-hybridized carbons (Fsp3) is 0.455. The molecule has 86 valence electrons. The van der Waals surface area contributed by atoms with Crippen LogP contribution in [-0.4, -0.2) is 13.1 Å². The van der Waals surface area contributed by atoms with Crippen LogP contribution in [0.5, 0.6) is 0 Å². The summed E-state index contributed by atoms with van der Waals surface area (Å²) < 4.78 is 0. The van der Waals surface area contributed by atoms with Gasteiger partial charge in [0.2, 0.25) is 0 Å². The zero-order valence-corrected chi connectivity index (χ0v) is 10.2. The van der Waals surface area contributed by atoms with E-state index in [1.165, 1.54) is 5.56 Å². The summed E-state index contributed by atoms with van der Waals surface area (Å²) >= 11 is 0. The molecule has 0 aliphatic carbocycles. The molecule has 4 heteroatoms. The van der Waals surface area contributed by atoms with Gasteiger partial charge in [0, 0.05) is 5.54 Å². The summed E-state index contributed by atoms with van der Waals surface area (Å²) in [4.78, 5) is 0. The first-order valence-corrected chi connectivity index (χ1v) is 4.86. The van der Waals surface area contributed by atoms with Crippen LogP contribution in [-0.2, 0) is 5.54 Å². The summed E-state index contributed by atoms with van der Waals surface area (Å²) in [5.74, 6) is 0. The Hall–Kier alpha value is -0.280. The van der Waals surface area contributed by atoms with E-state index >= 15 is 0 Å². The first-order chi connectivity index (χ1) is 6.31. The van der Waals surface area contributed by atoms with Crippen molar-refractivity contribution in [1.82, 2.24) is 5.32 Å². The third kappa shape index (κ3) is 3.35. The molecule has 1 fully saturated rings. The lowest BCUT2D eigenvalue weighted by Crippen LogP contribution is -2.46. The number of benzene rings is 1. The van der Waals surface area contributed by atoms with E-state index in [4.69, 9.17) is 5.73 Å². The highest BCUT2D eigenvalue weighted by atomic mass is 35.5. The van der Waals surface area contributed by atoms with Gasteiger partial charge in [-0.3, -0.25) is 0 Å². The normalized spacial score (nSPS) is 18.5. The Morgan fingerprint density at radius 2 is 1.53 bits per heavy atom. The fourth-order valence-corrected chi connectivity index (χ4v) is 1.93. The number of halogens is 2. The molecule has 0 amide bonds. The predicted molar refractivity (Wildman–Crippen MR) is 68.9 cm³/mol. The minimum absolute atomic E-state index is 0. The van der Waals surface area contributed by atoms with E-state index in [0.717, 1.165) is 25.9 Å². The monoisotopic (exact) mass is 248 g/mol. The molecular formula is C11H18Cl2N2. The molecule has 0 unspecified atom stereocenters. The van der Waals surface area contributed by atoms with Crippen molar-refractivity contribution in [2.24, 2.45) is 5.73 Å². The van der Waals surface area contributed by atoms with Crippen LogP contribution in [0.15, 0.2) is 30.3 Å². The predicted octanol–water partition coefficient (Wildman–Crippen LogP) is 2.07. The van der Waals surface area contributed by atoms with Crippen molar-refractivity contribution >= 4 is 24.8 Å². The van der Waals surface area contributed by atoms with E-state index in [2.05, 4.69) is 29.6 Å². The molecule has 1 aromatic rings. The molecule has 2 rings (SSSR count). The molecule has 0 spiro atoms. The molecule has 0 radical (unpaired) electrons. The van der Waals surface area contributed by atoms with Crippen LogP contribution in [0.2, 0.25) is 0 Å². The van der Waals surface area contributed by atoms with Gasteiger partial charge in [0.05, 0.1) is 0 Å².